The Kier molecular flexibility index (Phi) is 5.67. The van der Waals surface area contributed by atoms with E-state index in [1.54, 1.807) is 0 Å². The molecule has 0 spiro atoms. The second kappa shape index (κ2) is 7.16. The van der Waals surface area contributed by atoms with Crippen LogP contribution in [0.1, 0.15) is 39.0 Å². The maximum absolute atomic E-state index is 5.61. The van der Waals surface area contributed by atoms with Gasteiger partial charge in [0, 0.05) is 17.9 Å². The van der Waals surface area contributed by atoms with Crippen LogP contribution in [0.4, 0.5) is 11.4 Å². The van der Waals surface area contributed by atoms with Gasteiger partial charge in [-0.1, -0.05) is 32.6 Å². The maximum atomic E-state index is 5.61. The largest absolute Gasteiger partial charge is 0.399 e. The molecule has 0 aliphatic carbocycles. The molecule has 1 aromatic rings. The molecule has 0 unspecified atom stereocenters. The van der Waals surface area contributed by atoms with Crippen molar-refractivity contribution in [3.63, 3.8) is 0 Å². The van der Waals surface area contributed by atoms with E-state index in [1.807, 2.05) is 24.3 Å². The fourth-order valence-electron chi connectivity index (χ4n) is 1.56. The predicted molar refractivity (Wildman–Crippen MR) is 68.1 cm³/mol. The molecule has 0 saturated heterocycles. The highest BCUT2D eigenvalue weighted by atomic mass is 14.9. The SMILES string of the molecule is CCCCCCCNc1ccc(N)cc1. The van der Waals surface area contributed by atoms with Crippen molar-refractivity contribution in [2.45, 2.75) is 39.0 Å². The summed E-state index contributed by atoms with van der Waals surface area (Å²) in [6.07, 6.45) is 6.62. The molecule has 0 bridgehead atoms. The Morgan fingerprint density at radius 2 is 1.67 bits per heavy atom. The molecule has 0 aromatic heterocycles. The lowest BCUT2D eigenvalue weighted by Crippen LogP contribution is -2.01. The van der Waals surface area contributed by atoms with Gasteiger partial charge in [0.05, 0.1) is 0 Å². The van der Waals surface area contributed by atoms with E-state index in [2.05, 4.69) is 12.2 Å². The zero-order valence-corrected chi connectivity index (χ0v) is 9.63. The second-order valence-corrected chi connectivity index (χ2v) is 3.96. The summed E-state index contributed by atoms with van der Waals surface area (Å²) in [5.41, 5.74) is 7.60. The van der Waals surface area contributed by atoms with Crippen LogP contribution in [0, 0.1) is 0 Å². The summed E-state index contributed by atoms with van der Waals surface area (Å²) < 4.78 is 0. The number of unbranched alkanes of at least 4 members (excludes halogenated alkanes) is 4. The molecule has 0 amide bonds. The minimum absolute atomic E-state index is 0.823. The molecule has 0 fully saturated rings. The van der Waals surface area contributed by atoms with E-state index < -0.39 is 0 Å². The Bertz CT molecular complexity index is 254. The minimum Gasteiger partial charge on any atom is -0.399 e. The van der Waals surface area contributed by atoms with Gasteiger partial charge >= 0.3 is 0 Å². The molecule has 2 nitrogen and oxygen atoms in total. The average Bonchev–Trinajstić information content (AvgIpc) is 2.26. The zero-order chi connectivity index (χ0) is 10.9. The van der Waals surface area contributed by atoms with Gasteiger partial charge in [-0.25, -0.2) is 0 Å². The molecule has 15 heavy (non-hydrogen) atoms. The van der Waals surface area contributed by atoms with Crippen molar-refractivity contribution in [3.8, 4) is 0 Å². The fraction of sp³-hybridized carbons (Fsp3) is 0.538. The molecule has 3 N–H and O–H groups in total. The predicted octanol–water partition coefficient (Wildman–Crippen LogP) is 3.65. The van der Waals surface area contributed by atoms with Crippen LogP contribution < -0.4 is 11.1 Å². The van der Waals surface area contributed by atoms with Gasteiger partial charge in [-0.15, -0.1) is 0 Å². The smallest absolute Gasteiger partial charge is 0.0341 e. The van der Waals surface area contributed by atoms with E-state index >= 15 is 0 Å². The third-order valence-electron chi connectivity index (χ3n) is 2.52. The van der Waals surface area contributed by atoms with Gasteiger partial charge in [-0.3, -0.25) is 0 Å². The van der Waals surface area contributed by atoms with Crippen molar-refractivity contribution in [1.29, 1.82) is 0 Å². The standard InChI is InChI=1S/C13H22N2/c1-2-3-4-5-6-11-15-13-9-7-12(14)8-10-13/h7-10,15H,2-6,11,14H2,1H3. The summed E-state index contributed by atoms with van der Waals surface area (Å²) in [4.78, 5) is 0. The third kappa shape index (κ3) is 5.31. The summed E-state index contributed by atoms with van der Waals surface area (Å²) in [6.45, 7) is 3.31. The van der Waals surface area contributed by atoms with Crippen LogP contribution in [-0.2, 0) is 0 Å². The number of nitrogens with one attached hydrogen (secondary N) is 1. The van der Waals surface area contributed by atoms with Crippen LogP contribution in [0.3, 0.4) is 0 Å². The van der Waals surface area contributed by atoms with E-state index in [-0.39, 0.29) is 0 Å². The molecule has 0 atom stereocenters. The van der Waals surface area contributed by atoms with Gasteiger partial charge in [-0.05, 0) is 30.7 Å². The highest BCUT2D eigenvalue weighted by molar-refractivity contribution is 5.50. The van der Waals surface area contributed by atoms with Crippen LogP contribution in [0.5, 0.6) is 0 Å². The first-order valence-corrected chi connectivity index (χ1v) is 5.92. The van der Waals surface area contributed by atoms with E-state index in [1.165, 1.54) is 37.8 Å². The molecule has 84 valence electrons. The molecular weight excluding hydrogens is 184 g/mol. The van der Waals surface area contributed by atoms with Gasteiger partial charge in [-0.2, -0.15) is 0 Å². The monoisotopic (exact) mass is 206 g/mol. The number of hydrogen-bond acceptors (Lipinski definition) is 2. The summed E-state index contributed by atoms with van der Waals surface area (Å²) in [6, 6.07) is 7.92. The minimum atomic E-state index is 0.823. The lowest BCUT2D eigenvalue weighted by atomic mass is 10.1. The Hall–Kier alpha value is -1.18. The van der Waals surface area contributed by atoms with E-state index in [0.29, 0.717) is 0 Å². The Morgan fingerprint density at radius 3 is 2.33 bits per heavy atom. The van der Waals surface area contributed by atoms with E-state index in [0.717, 1.165) is 12.2 Å². The molecule has 1 rings (SSSR count). The number of anilines is 2. The fourth-order valence-corrected chi connectivity index (χ4v) is 1.56. The third-order valence-corrected chi connectivity index (χ3v) is 2.52. The molecule has 0 aliphatic heterocycles. The van der Waals surface area contributed by atoms with Crippen LogP contribution in [0.15, 0.2) is 24.3 Å². The van der Waals surface area contributed by atoms with Gasteiger partial charge in [0.15, 0.2) is 0 Å². The Balaban J connectivity index is 2.07. The molecule has 0 heterocycles. The average molecular weight is 206 g/mol. The van der Waals surface area contributed by atoms with Crippen molar-refractivity contribution in [2.75, 3.05) is 17.6 Å². The first-order chi connectivity index (χ1) is 7.33. The zero-order valence-electron chi connectivity index (χ0n) is 9.63. The molecule has 0 saturated carbocycles. The number of nitrogens with two attached hydrogens (primary N) is 1. The van der Waals surface area contributed by atoms with Crippen molar-refractivity contribution in [3.05, 3.63) is 24.3 Å². The van der Waals surface area contributed by atoms with Gasteiger partial charge in [0.2, 0.25) is 0 Å². The summed E-state index contributed by atoms with van der Waals surface area (Å²) >= 11 is 0. The van der Waals surface area contributed by atoms with Gasteiger partial charge < -0.3 is 11.1 Å². The summed E-state index contributed by atoms with van der Waals surface area (Å²) in [5.74, 6) is 0. The van der Waals surface area contributed by atoms with Crippen LogP contribution >= 0.6 is 0 Å². The van der Waals surface area contributed by atoms with Crippen LogP contribution in [-0.4, -0.2) is 6.54 Å². The van der Waals surface area contributed by atoms with E-state index in [4.69, 9.17) is 5.73 Å². The van der Waals surface area contributed by atoms with Crippen molar-refractivity contribution in [1.82, 2.24) is 0 Å². The van der Waals surface area contributed by atoms with Gasteiger partial charge in [0.1, 0.15) is 0 Å². The van der Waals surface area contributed by atoms with Crippen LogP contribution in [0.25, 0.3) is 0 Å². The van der Waals surface area contributed by atoms with Crippen molar-refractivity contribution < 1.29 is 0 Å². The lowest BCUT2D eigenvalue weighted by molar-refractivity contribution is 0.645. The summed E-state index contributed by atoms with van der Waals surface area (Å²) in [5, 5.41) is 3.39. The van der Waals surface area contributed by atoms with Crippen molar-refractivity contribution in [2.24, 2.45) is 0 Å². The van der Waals surface area contributed by atoms with Crippen LogP contribution in [0.2, 0.25) is 0 Å². The number of rotatable bonds is 7. The number of benzene rings is 1. The van der Waals surface area contributed by atoms with Gasteiger partial charge in [0.25, 0.3) is 0 Å². The molecule has 0 radical (unpaired) electrons. The van der Waals surface area contributed by atoms with E-state index in [9.17, 15) is 0 Å². The highest BCUT2D eigenvalue weighted by Crippen LogP contribution is 2.10. The molecular formula is C13H22N2. The highest BCUT2D eigenvalue weighted by Gasteiger charge is 1.91. The van der Waals surface area contributed by atoms with Crippen molar-refractivity contribution >= 4 is 11.4 Å². The second-order valence-electron chi connectivity index (χ2n) is 3.96. The Morgan fingerprint density at radius 1 is 1.00 bits per heavy atom. The topological polar surface area (TPSA) is 38.0 Å². The first-order valence-electron chi connectivity index (χ1n) is 5.92. The quantitative estimate of drug-likeness (QED) is 0.528. The molecule has 0 aliphatic rings. The number of nitrogen functional groups attached to an aromatic ring is 1. The molecule has 1 aromatic carbocycles. The Labute approximate surface area is 92.9 Å². The molecule has 2 heteroatoms. The normalized spacial score (nSPS) is 10.2. The lowest BCUT2D eigenvalue weighted by Gasteiger charge is -2.06. The maximum Gasteiger partial charge on any atom is 0.0341 e. The summed E-state index contributed by atoms with van der Waals surface area (Å²) in [7, 11) is 0. The number of hydrogen-bond donors (Lipinski definition) is 2. The first kappa shape index (κ1) is 11.9.